The van der Waals surface area contributed by atoms with Crippen LogP contribution in [0.2, 0.25) is 0 Å². The van der Waals surface area contributed by atoms with Crippen molar-refractivity contribution >= 4 is 29.3 Å². The smallest absolute Gasteiger partial charge is 0.313 e. The Balaban J connectivity index is 1.62. The highest BCUT2D eigenvalue weighted by molar-refractivity contribution is 7.98. The van der Waals surface area contributed by atoms with Gasteiger partial charge in [-0.25, -0.2) is 0 Å². The molecule has 0 saturated heterocycles. The molecule has 2 aromatic heterocycles. The number of furan rings is 1. The Kier molecular flexibility index (Phi) is 5.75. The summed E-state index contributed by atoms with van der Waals surface area (Å²) in [6, 6.07) is 12.3. The second-order valence-corrected chi connectivity index (χ2v) is 6.29. The van der Waals surface area contributed by atoms with Crippen LogP contribution in [0.15, 0.2) is 70.4 Å². The van der Waals surface area contributed by atoms with Crippen LogP contribution in [-0.4, -0.2) is 34.4 Å². The molecular weight excluding hydrogens is 352 g/mol. The molecule has 0 saturated carbocycles. The number of hydrogen-bond donors (Lipinski definition) is 2. The van der Waals surface area contributed by atoms with Gasteiger partial charge in [0.2, 0.25) is 0 Å². The lowest BCUT2D eigenvalue weighted by atomic mass is 10.2. The fraction of sp³-hybridized carbons (Fsp3) is 0.167. The van der Waals surface area contributed by atoms with Gasteiger partial charge in [0.15, 0.2) is 0 Å². The molecule has 134 valence electrons. The lowest BCUT2D eigenvalue weighted by Gasteiger charge is -2.16. The van der Waals surface area contributed by atoms with Crippen molar-refractivity contribution in [3.05, 3.63) is 66.9 Å². The predicted molar refractivity (Wildman–Crippen MR) is 98.9 cm³/mol. The number of carbonyl (C=O) groups excluding carboxylic acids is 2. The average molecular weight is 370 g/mol. The SMILES string of the molecule is CSc1cccc(NC(=O)C(=O)NC[C@H](c2ccco2)n2cccn2)c1. The second-order valence-electron chi connectivity index (χ2n) is 5.41. The fourth-order valence-corrected chi connectivity index (χ4v) is 2.89. The van der Waals surface area contributed by atoms with E-state index in [9.17, 15) is 9.59 Å². The standard InChI is InChI=1S/C18H18N4O3S/c1-26-14-6-2-5-13(11-14)21-18(24)17(23)19-12-15(16-7-3-10-25-16)22-9-4-8-20-22/h2-11,15H,12H2,1H3,(H,19,23)(H,21,24)/t15-/m1/s1. The van der Waals surface area contributed by atoms with Crippen molar-refractivity contribution in [3.63, 3.8) is 0 Å². The molecule has 0 bridgehead atoms. The van der Waals surface area contributed by atoms with Gasteiger partial charge in [0.05, 0.1) is 6.26 Å². The molecule has 26 heavy (non-hydrogen) atoms. The Hall–Kier alpha value is -3.00. The molecule has 3 rings (SSSR count). The van der Waals surface area contributed by atoms with Crippen LogP contribution in [0.4, 0.5) is 5.69 Å². The number of nitrogens with zero attached hydrogens (tertiary/aromatic N) is 2. The zero-order valence-corrected chi connectivity index (χ0v) is 14.9. The molecule has 2 heterocycles. The van der Waals surface area contributed by atoms with Gasteiger partial charge in [0, 0.05) is 29.5 Å². The van der Waals surface area contributed by atoms with Crippen LogP contribution in [0, 0.1) is 0 Å². The van der Waals surface area contributed by atoms with Crippen LogP contribution < -0.4 is 10.6 Å². The zero-order chi connectivity index (χ0) is 18.4. The first kappa shape index (κ1) is 17.8. The molecule has 7 nitrogen and oxygen atoms in total. The summed E-state index contributed by atoms with van der Waals surface area (Å²) in [5.41, 5.74) is 0.576. The third-order valence-electron chi connectivity index (χ3n) is 3.71. The molecule has 1 atom stereocenters. The Morgan fingerprint density at radius 3 is 2.81 bits per heavy atom. The molecule has 0 radical (unpaired) electrons. The fourth-order valence-electron chi connectivity index (χ4n) is 2.43. The van der Waals surface area contributed by atoms with E-state index in [0.29, 0.717) is 11.4 Å². The van der Waals surface area contributed by atoms with Gasteiger partial charge in [-0.05, 0) is 42.7 Å². The van der Waals surface area contributed by atoms with Gasteiger partial charge in [-0.1, -0.05) is 6.07 Å². The average Bonchev–Trinajstić information content (AvgIpc) is 3.36. The highest BCUT2D eigenvalue weighted by Crippen LogP contribution is 2.19. The number of aromatic nitrogens is 2. The van der Waals surface area contributed by atoms with E-state index in [4.69, 9.17) is 4.42 Å². The first-order valence-corrected chi connectivity index (χ1v) is 9.15. The largest absolute Gasteiger partial charge is 0.467 e. The molecule has 3 aromatic rings. The van der Waals surface area contributed by atoms with E-state index in [1.54, 1.807) is 59.4 Å². The Morgan fingerprint density at radius 1 is 1.23 bits per heavy atom. The second kappa shape index (κ2) is 8.39. The van der Waals surface area contributed by atoms with Crippen LogP contribution in [-0.2, 0) is 9.59 Å². The lowest BCUT2D eigenvalue weighted by molar-refractivity contribution is -0.136. The van der Waals surface area contributed by atoms with E-state index in [1.165, 1.54) is 0 Å². The molecular formula is C18H18N4O3S. The van der Waals surface area contributed by atoms with Crippen LogP contribution in [0.25, 0.3) is 0 Å². The van der Waals surface area contributed by atoms with Gasteiger partial charge in [-0.3, -0.25) is 14.3 Å². The molecule has 0 spiro atoms. The lowest BCUT2D eigenvalue weighted by Crippen LogP contribution is -2.38. The molecule has 0 aliphatic heterocycles. The molecule has 0 fully saturated rings. The Morgan fingerprint density at radius 2 is 2.12 bits per heavy atom. The summed E-state index contributed by atoms with van der Waals surface area (Å²) >= 11 is 1.56. The molecule has 2 amide bonds. The van der Waals surface area contributed by atoms with E-state index in [0.717, 1.165) is 4.90 Å². The summed E-state index contributed by atoms with van der Waals surface area (Å²) in [4.78, 5) is 25.3. The van der Waals surface area contributed by atoms with Crippen molar-refractivity contribution < 1.29 is 14.0 Å². The van der Waals surface area contributed by atoms with E-state index < -0.39 is 11.8 Å². The first-order valence-electron chi connectivity index (χ1n) is 7.93. The maximum Gasteiger partial charge on any atom is 0.313 e. The number of hydrogen-bond acceptors (Lipinski definition) is 5. The van der Waals surface area contributed by atoms with Crippen LogP contribution in [0.5, 0.6) is 0 Å². The van der Waals surface area contributed by atoms with E-state index in [1.807, 2.05) is 24.5 Å². The summed E-state index contributed by atoms with van der Waals surface area (Å²) in [5.74, 6) is -0.799. The van der Waals surface area contributed by atoms with Gasteiger partial charge in [0.1, 0.15) is 11.8 Å². The minimum absolute atomic E-state index is 0.173. The summed E-state index contributed by atoms with van der Waals surface area (Å²) < 4.78 is 7.08. The van der Waals surface area contributed by atoms with Crippen molar-refractivity contribution in [1.29, 1.82) is 0 Å². The van der Waals surface area contributed by atoms with Gasteiger partial charge in [-0.2, -0.15) is 5.10 Å². The summed E-state index contributed by atoms with van der Waals surface area (Å²) in [7, 11) is 0. The van der Waals surface area contributed by atoms with Gasteiger partial charge in [0.25, 0.3) is 0 Å². The maximum atomic E-state index is 12.2. The number of carbonyl (C=O) groups is 2. The number of thioether (sulfide) groups is 1. The van der Waals surface area contributed by atoms with Crippen molar-refractivity contribution in [1.82, 2.24) is 15.1 Å². The molecule has 1 aromatic carbocycles. The van der Waals surface area contributed by atoms with Gasteiger partial charge < -0.3 is 15.1 Å². The van der Waals surface area contributed by atoms with Crippen molar-refractivity contribution in [2.24, 2.45) is 0 Å². The molecule has 2 N–H and O–H groups in total. The minimum Gasteiger partial charge on any atom is -0.467 e. The Labute approximate surface area is 154 Å². The van der Waals surface area contributed by atoms with E-state index >= 15 is 0 Å². The van der Waals surface area contributed by atoms with E-state index in [-0.39, 0.29) is 12.6 Å². The third kappa shape index (κ3) is 4.34. The zero-order valence-electron chi connectivity index (χ0n) is 14.1. The topological polar surface area (TPSA) is 89.2 Å². The Bertz CT molecular complexity index is 828. The minimum atomic E-state index is -0.720. The monoisotopic (exact) mass is 370 g/mol. The first-order chi connectivity index (χ1) is 12.7. The summed E-state index contributed by atoms with van der Waals surface area (Å²) in [6.45, 7) is 0.173. The number of benzene rings is 1. The third-order valence-corrected chi connectivity index (χ3v) is 4.43. The molecule has 0 aliphatic rings. The van der Waals surface area contributed by atoms with Gasteiger partial charge >= 0.3 is 11.8 Å². The maximum absolute atomic E-state index is 12.2. The normalized spacial score (nSPS) is 11.7. The molecule has 0 unspecified atom stereocenters. The van der Waals surface area contributed by atoms with Crippen molar-refractivity contribution in [3.8, 4) is 0 Å². The van der Waals surface area contributed by atoms with Crippen molar-refractivity contribution in [2.75, 3.05) is 18.1 Å². The van der Waals surface area contributed by atoms with Crippen LogP contribution in [0.3, 0.4) is 0 Å². The summed E-state index contributed by atoms with van der Waals surface area (Å²) in [5, 5.41) is 9.42. The predicted octanol–water partition coefficient (Wildman–Crippen LogP) is 2.54. The molecule has 0 aliphatic carbocycles. The number of nitrogens with one attached hydrogen (secondary N) is 2. The van der Waals surface area contributed by atoms with Crippen LogP contribution >= 0.6 is 11.8 Å². The highest BCUT2D eigenvalue weighted by Gasteiger charge is 2.20. The number of rotatable bonds is 6. The number of anilines is 1. The molecule has 8 heteroatoms. The summed E-state index contributed by atoms with van der Waals surface area (Å²) in [6.07, 6.45) is 6.91. The van der Waals surface area contributed by atoms with E-state index in [2.05, 4.69) is 15.7 Å². The number of amides is 2. The van der Waals surface area contributed by atoms with Crippen molar-refractivity contribution in [2.45, 2.75) is 10.9 Å². The highest BCUT2D eigenvalue weighted by atomic mass is 32.2. The van der Waals surface area contributed by atoms with Crippen LogP contribution in [0.1, 0.15) is 11.8 Å². The van der Waals surface area contributed by atoms with Gasteiger partial charge in [-0.15, -0.1) is 11.8 Å². The quantitative estimate of drug-likeness (QED) is 0.514.